The Balaban J connectivity index is 1.72. The van der Waals surface area contributed by atoms with E-state index in [4.69, 9.17) is 4.74 Å². The van der Waals surface area contributed by atoms with Crippen LogP contribution < -0.4 is 0 Å². The van der Waals surface area contributed by atoms with Crippen molar-refractivity contribution in [2.24, 2.45) is 11.8 Å². The number of carbonyl (C=O) groups is 1. The molecule has 27 heavy (non-hydrogen) atoms. The summed E-state index contributed by atoms with van der Waals surface area (Å²) in [7, 11) is 1.57. The molecule has 1 aromatic carbocycles. The summed E-state index contributed by atoms with van der Waals surface area (Å²) in [6.45, 7) is 4.46. The Kier molecular flexibility index (Phi) is 4.08. The molecule has 4 bridgehead atoms. The molecule has 0 radical (unpaired) electrons. The third-order valence-electron chi connectivity index (χ3n) is 7.47. The molecule has 4 heteroatoms. The molecule has 4 unspecified atom stereocenters. The van der Waals surface area contributed by atoms with Crippen molar-refractivity contribution < 1.29 is 9.53 Å². The van der Waals surface area contributed by atoms with Gasteiger partial charge in [0.25, 0.3) is 0 Å². The van der Waals surface area contributed by atoms with Crippen LogP contribution in [0.15, 0.2) is 24.3 Å². The summed E-state index contributed by atoms with van der Waals surface area (Å²) in [5, 5.41) is 1.28. The summed E-state index contributed by atoms with van der Waals surface area (Å²) in [5.74, 6) is 1.15. The maximum atomic E-state index is 13.4. The molecule has 1 N–H and O–H groups in total. The van der Waals surface area contributed by atoms with Gasteiger partial charge >= 0.3 is 5.97 Å². The zero-order valence-corrected chi connectivity index (χ0v) is 16.5. The van der Waals surface area contributed by atoms with Gasteiger partial charge in [-0.2, -0.15) is 0 Å². The highest BCUT2D eigenvalue weighted by Crippen LogP contribution is 2.55. The molecule has 4 nitrogen and oxygen atoms in total. The number of piperidine rings is 2. The Morgan fingerprint density at radius 3 is 3.04 bits per heavy atom. The van der Waals surface area contributed by atoms with E-state index >= 15 is 0 Å². The van der Waals surface area contributed by atoms with Gasteiger partial charge in [-0.25, -0.2) is 0 Å². The Bertz CT molecular complexity index is 872. The number of ether oxygens (including phenoxy) is 1. The van der Waals surface area contributed by atoms with E-state index in [-0.39, 0.29) is 12.0 Å². The number of rotatable bonds is 4. The molecular formula is C23H30N2O2. The van der Waals surface area contributed by atoms with Crippen LogP contribution in [0.2, 0.25) is 0 Å². The number of aromatic nitrogens is 1. The van der Waals surface area contributed by atoms with Crippen molar-refractivity contribution in [3.05, 3.63) is 35.5 Å². The lowest BCUT2D eigenvalue weighted by molar-refractivity contribution is -0.162. The number of benzene rings is 1. The summed E-state index contributed by atoms with van der Waals surface area (Å²) >= 11 is 0. The van der Waals surface area contributed by atoms with E-state index in [0.29, 0.717) is 11.8 Å². The largest absolute Gasteiger partial charge is 0.468 e. The number of fused-ring (bicyclic) bond motifs is 4. The average molecular weight is 367 g/mol. The van der Waals surface area contributed by atoms with E-state index in [2.05, 4.69) is 41.1 Å². The molecule has 144 valence electrons. The Hall–Kier alpha value is -1.81. The first-order valence-corrected chi connectivity index (χ1v) is 10.6. The molecule has 6 rings (SSSR count). The predicted octanol–water partition coefficient (Wildman–Crippen LogP) is 4.04. The van der Waals surface area contributed by atoms with Crippen molar-refractivity contribution in [2.45, 2.75) is 56.9 Å². The summed E-state index contributed by atoms with van der Waals surface area (Å²) in [5.41, 5.74) is 3.14. The van der Waals surface area contributed by atoms with Crippen molar-refractivity contribution in [3.63, 3.8) is 0 Å². The maximum Gasteiger partial charge on any atom is 0.319 e. The van der Waals surface area contributed by atoms with Crippen LogP contribution in [0.5, 0.6) is 0 Å². The number of nitrogens with zero attached hydrogens (tertiary/aromatic N) is 1. The number of H-pyrrole nitrogens is 1. The fraction of sp³-hybridized carbons (Fsp3) is 0.609. The summed E-state index contributed by atoms with van der Waals surface area (Å²) in [6.07, 6.45) is 6.92. The Morgan fingerprint density at radius 1 is 1.37 bits per heavy atom. The standard InChI is InChI=1S/C23H30N2O2/c1-3-4-7-16-12-15-13-23(22(26)27-2)20-18(10-11-25(14-15)21(16)23)17-8-5-6-9-19(17)24-20/h5-6,8-9,15-16,21,24H,3-4,7,10-14H2,1-2H3/t15-,16?,21?,23?/m0/s1. The van der Waals surface area contributed by atoms with E-state index in [1.165, 1.54) is 36.6 Å². The molecule has 4 aliphatic rings. The van der Waals surface area contributed by atoms with E-state index in [0.717, 1.165) is 37.1 Å². The monoisotopic (exact) mass is 366 g/mol. The van der Waals surface area contributed by atoms with Crippen molar-refractivity contribution in [3.8, 4) is 0 Å². The second-order valence-electron chi connectivity index (χ2n) is 8.89. The van der Waals surface area contributed by atoms with Gasteiger partial charge in [0.15, 0.2) is 0 Å². The summed E-state index contributed by atoms with van der Waals surface area (Å²) in [4.78, 5) is 19.8. The first kappa shape index (κ1) is 17.3. The van der Waals surface area contributed by atoms with Gasteiger partial charge < -0.3 is 9.72 Å². The molecule has 2 aromatic rings. The molecular weight excluding hydrogens is 336 g/mol. The molecule has 2 saturated heterocycles. The lowest BCUT2D eigenvalue weighted by atomic mass is 9.56. The number of hydrogen-bond donors (Lipinski definition) is 1. The topological polar surface area (TPSA) is 45.3 Å². The lowest BCUT2D eigenvalue weighted by Crippen LogP contribution is -2.67. The van der Waals surface area contributed by atoms with Gasteiger partial charge in [-0.05, 0) is 49.1 Å². The van der Waals surface area contributed by atoms with Crippen molar-refractivity contribution in [1.82, 2.24) is 9.88 Å². The zero-order chi connectivity index (χ0) is 18.6. The lowest BCUT2D eigenvalue weighted by Gasteiger charge is -2.58. The number of carbonyl (C=O) groups excluding carboxylic acids is 1. The van der Waals surface area contributed by atoms with Crippen molar-refractivity contribution >= 4 is 16.9 Å². The number of para-hydroxylation sites is 1. The fourth-order valence-corrected chi connectivity index (χ4v) is 6.62. The maximum absolute atomic E-state index is 13.4. The second-order valence-corrected chi connectivity index (χ2v) is 8.89. The third kappa shape index (κ3) is 2.35. The van der Waals surface area contributed by atoms with Crippen LogP contribution in [-0.2, 0) is 21.4 Å². The second kappa shape index (κ2) is 6.37. The van der Waals surface area contributed by atoms with Gasteiger partial charge in [-0.3, -0.25) is 9.69 Å². The van der Waals surface area contributed by atoms with Crippen molar-refractivity contribution in [1.29, 1.82) is 0 Å². The van der Waals surface area contributed by atoms with E-state index < -0.39 is 5.41 Å². The predicted molar refractivity (Wildman–Crippen MR) is 107 cm³/mol. The van der Waals surface area contributed by atoms with Gasteiger partial charge in [0.1, 0.15) is 5.41 Å². The minimum Gasteiger partial charge on any atom is -0.468 e. The molecule has 3 fully saturated rings. The molecule has 1 aliphatic carbocycles. The number of aromatic amines is 1. The molecule has 1 aromatic heterocycles. The van der Waals surface area contributed by atoms with E-state index in [1.54, 1.807) is 7.11 Å². The highest BCUT2D eigenvalue weighted by molar-refractivity contribution is 5.91. The Labute approximate surface area is 161 Å². The van der Waals surface area contributed by atoms with E-state index in [1.807, 2.05) is 0 Å². The smallest absolute Gasteiger partial charge is 0.319 e. The van der Waals surface area contributed by atoms with E-state index in [9.17, 15) is 4.79 Å². The average Bonchev–Trinajstić information content (AvgIpc) is 3.04. The summed E-state index contributed by atoms with van der Waals surface area (Å²) in [6, 6.07) is 8.80. The van der Waals surface area contributed by atoms with Crippen LogP contribution in [-0.4, -0.2) is 42.1 Å². The highest BCUT2D eigenvalue weighted by Gasteiger charge is 2.62. The number of unbranched alkanes of at least 4 members (excludes halogenated alkanes) is 1. The van der Waals surface area contributed by atoms with Gasteiger partial charge in [0, 0.05) is 35.7 Å². The van der Waals surface area contributed by atoms with Gasteiger partial charge in [0.05, 0.1) is 7.11 Å². The third-order valence-corrected chi connectivity index (χ3v) is 7.47. The first-order valence-electron chi connectivity index (χ1n) is 10.6. The molecule has 4 heterocycles. The van der Waals surface area contributed by atoms with Gasteiger partial charge in [0.2, 0.25) is 0 Å². The van der Waals surface area contributed by atoms with Crippen LogP contribution in [0.3, 0.4) is 0 Å². The number of methoxy groups -OCH3 is 1. The number of nitrogens with one attached hydrogen (secondary N) is 1. The Morgan fingerprint density at radius 2 is 2.22 bits per heavy atom. The number of hydrogen-bond acceptors (Lipinski definition) is 3. The quantitative estimate of drug-likeness (QED) is 0.831. The molecule has 0 spiro atoms. The van der Waals surface area contributed by atoms with Crippen LogP contribution in [0.4, 0.5) is 0 Å². The van der Waals surface area contributed by atoms with Crippen LogP contribution in [0.25, 0.3) is 10.9 Å². The SMILES string of the molecule is CCCCC1C[C@@H]2CN3CCc4c([nH]c5ccccc45)C(C(=O)OC)(C2)C13. The molecule has 5 atom stereocenters. The molecule has 1 saturated carbocycles. The zero-order valence-electron chi connectivity index (χ0n) is 16.5. The van der Waals surface area contributed by atoms with Crippen LogP contribution in [0, 0.1) is 11.8 Å². The fourth-order valence-electron chi connectivity index (χ4n) is 6.62. The number of esters is 1. The molecule has 3 aliphatic heterocycles. The minimum atomic E-state index is -0.529. The minimum absolute atomic E-state index is 0.0295. The van der Waals surface area contributed by atoms with Crippen LogP contribution >= 0.6 is 0 Å². The first-order chi connectivity index (χ1) is 13.2. The van der Waals surface area contributed by atoms with Gasteiger partial charge in [-0.15, -0.1) is 0 Å². The normalized spacial score (nSPS) is 34.3. The highest BCUT2D eigenvalue weighted by atomic mass is 16.5. The molecule has 0 amide bonds. The van der Waals surface area contributed by atoms with Crippen molar-refractivity contribution in [2.75, 3.05) is 20.2 Å². The van der Waals surface area contributed by atoms with Gasteiger partial charge in [-0.1, -0.05) is 38.0 Å². The summed E-state index contributed by atoms with van der Waals surface area (Å²) < 4.78 is 5.49. The van der Waals surface area contributed by atoms with Crippen LogP contribution in [0.1, 0.15) is 50.3 Å².